The second-order valence-corrected chi connectivity index (χ2v) is 4.97. The number of aromatic nitrogens is 4. The third kappa shape index (κ3) is 2.71. The van der Waals surface area contributed by atoms with Crippen LogP contribution >= 0.6 is 0 Å². The molecule has 0 aliphatic heterocycles. The van der Waals surface area contributed by atoms with Gasteiger partial charge in [-0.05, 0) is 31.9 Å². The highest BCUT2D eigenvalue weighted by Crippen LogP contribution is 2.22. The average molecular weight is 262 g/mol. The van der Waals surface area contributed by atoms with Crippen LogP contribution in [-0.4, -0.2) is 24.7 Å². The predicted octanol–water partition coefficient (Wildman–Crippen LogP) is 1.92. The number of hydrogen-bond acceptors (Lipinski definition) is 3. The molecule has 1 atom stereocenters. The average Bonchev–Trinajstić information content (AvgIpc) is 2.91. The van der Waals surface area contributed by atoms with Crippen molar-refractivity contribution < 1.29 is 5.11 Å². The largest absolute Gasteiger partial charge is 0.386 e. The molecular weight excluding hydrogens is 240 g/mol. The minimum absolute atomic E-state index is 0.532. The van der Waals surface area contributed by atoms with E-state index >= 15 is 0 Å². The lowest BCUT2D eigenvalue weighted by Gasteiger charge is -2.13. The lowest BCUT2D eigenvalue weighted by molar-refractivity contribution is 0.166. The van der Waals surface area contributed by atoms with Crippen molar-refractivity contribution >= 4 is 0 Å². The summed E-state index contributed by atoms with van der Waals surface area (Å²) in [5, 5.41) is 19.1. The number of hydrogen-bond donors (Lipinski definition) is 1. The molecule has 0 saturated heterocycles. The van der Waals surface area contributed by atoms with E-state index in [1.807, 2.05) is 36.3 Å². The molecule has 0 saturated carbocycles. The Bertz CT molecular complexity index is 556. The van der Waals surface area contributed by atoms with Gasteiger partial charge in [-0.2, -0.15) is 10.2 Å². The van der Waals surface area contributed by atoms with Gasteiger partial charge in [-0.25, -0.2) is 0 Å². The molecule has 0 aromatic carbocycles. The van der Waals surface area contributed by atoms with Crippen LogP contribution in [0.2, 0.25) is 0 Å². The van der Waals surface area contributed by atoms with Crippen molar-refractivity contribution in [3.05, 3.63) is 34.9 Å². The molecular formula is C14H22N4O. The Kier molecular flexibility index (Phi) is 4.04. The summed E-state index contributed by atoms with van der Waals surface area (Å²) >= 11 is 0. The molecule has 0 aliphatic carbocycles. The highest BCUT2D eigenvalue weighted by Gasteiger charge is 2.18. The lowest BCUT2D eigenvalue weighted by atomic mass is 10.0. The third-order valence-corrected chi connectivity index (χ3v) is 3.58. The van der Waals surface area contributed by atoms with E-state index in [0.29, 0.717) is 6.42 Å². The van der Waals surface area contributed by atoms with Crippen LogP contribution in [0.3, 0.4) is 0 Å². The summed E-state index contributed by atoms with van der Waals surface area (Å²) in [7, 11) is 1.93. The van der Waals surface area contributed by atoms with E-state index in [1.165, 1.54) is 0 Å². The standard InChI is InChI=1S/C14H22N4O/c1-5-8-18-13(6-7-15-18)14(19)9-12-10(2)16-17(4)11(12)3/h6-7,14,19H,5,8-9H2,1-4H3. The zero-order valence-electron chi connectivity index (χ0n) is 12.1. The normalized spacial score (nSPS) is 12.9. The molecule has 0 spiro atoms. The van der Waals surface area contributed by atoms with Crippen molar-refractivity contribution in [1.82, 2.24) is 19.6 Å². The molecule has 2 aromatic rings. The van der Waals surface area contributed by atoms with Crippen LogP contribution in [0.25, 0.3) is 0 Å². The molecule has 0 amide bonds. The maximum atomic E-state index is 10.4. The molecule has 0 radical (unpaired) electrons. The van der Waals surface area contributed by atoms with Gasteiger partial charge in [0.2, 0.25) is 0 Å². The van der Waals surface area contributed by atoms with E-state index in [0.717, 1.165) is 35.6 Å². The maximum absolute atomic E-state index is 10.4. The first-order valence-electron chi connectivity index (χ1n) is 6.73. The molecule has 0 bridgehead atoms. The maximum Gasteiger partial charge on any atom is 0.0998 e. The summed E-state index contributed by atoms with van der Waals surface area (Å²) in [6.07, 6.45) is 2.81. The van der Waals surface area contributed by atoms with Crippen molar-refractivity contribution in [3.8, 4) is 0 Å². The van der Waals surface area contributed by atoms with Crippen molar-refractivity contribution in [2.45, 2.75) is 46.3 Å². The Hall–Kier alpha value is -1.62. The third-order valence-electron chi connectivity index (χ3n) is 3.58. The predicted molar refractivity (Wildman–Crippen MR) is 73.9 cm³/mol. The van der Waals surface area contributed by atoms with Crippen LogP contribution < -0.4 is 0 Å². The Morgan fingerprint density at radius 2 is 2.11 bits per heavy atom. The zero-order chi connectivity index (χ0) is 14.0. The fraction of sp³-hybridized carbons (Fsp3) is 0.571. The molecule has 1 N–H and O–H groups in total. The van der Waals surface area contributed by atoms with Crippen LogP contribution in [0.5, 0.6) is 0 Å². The summed E-state index contributed by atoms with van der Waals surface area (Å²) in [6, 6.07) is 1.89. The summed E-state index contributed by atoms with van der Waals surface area (Å²) in [5.74, 6) is 0. The summed E-state index contributed by atoms with van der Waals surface area (Å²) in [4.78, 5) is 0. The molecule has 5 nitrogen and oxygen atoms in total. The zero-order valence-corrected chi connectivity index (χ0v) is 12.1. The number of aliphatic hydroxyl groups is 1. The van der Waals surface area contributed by atoms with Crippen LogP contribution in [0, 0.1) is 13.8 Å². The van der Waals surface area contributed by atoms with Gasteiger partial charge in [-0.1, -0.05) is 6.92 Å². The van der Waals surface area contributed by atoms with E-state index in [1.54, 1.807) is 6.20 Å². The van der Waals surface area contributed by atoms with Crippen LogP contribution in [0.15, 0.2) is 12.3 Å². The van der Waals surface area contributed by atoms with E-state index in [-0.39, 0.29) is 0 Å². The Morgan fingerprint density at radius 1 is 1.37 bits per heavy atom. The summed E-state index contributed by atoms with van der Waals surface area (Å²) in [6.45, 7) is 6.96. The van der Waals surface area contributed by atoms with Gasteiger partial charge < -0.3 is 5.11 Å². The van der Waals surface area contributed by atoms with E-state index in [2.05, 4.69) is 17.1 Å². The SMILES string of the molecule is CCCn1nccc1C(O)Cc1c(C)nn(C)c1C. The van der Waals surface area contributed by atoms with Crippen molar-refractivity contribution in [2.75, 3.05) is 0 Å². The van der Waals surface area contributed by atoms with E-state index < -0.39 is 6.10 Å². The summed E-state index contributed by atoms with van der Waals surface area (Å²) in [5.41, 5.74) is 4.10. The topological polar surface area (TPSA) is 55.9 Å². The van der Waals surface area contributed by atoms with Gasteiger partial charge in [-0.15, -0.1) is 0 Å². The van der Waals surface area contributed by atoms with Crippen molar-refractivity contribution in [3.63, 3.8) is 0 Å². The van der Waals surface area contributed by atoms with Gasteiger partial charge in [0.25, 0.3) is 0 Å². The first-order chi connectivity index (χ1) is 9.04. The van der Waals surface area contributed by atoms with Gasteiger partial charge in [0.15, 0.2) is 0 Å². The van der Waals surface area contributed by atoms with Gasteiger partial charge in [0, 0.05) is 31.9 Å². The highest BCUT2D eigenvalue weighted by atomic mass is 16.3. The fourth-order valence-electron chi connectivity index (χ4n) is 2.44. The van der Waals surface area contributed by atoms with E-state index in [9.17, 15) is 5.11 Å². The van der Waals surface area contributed by atoms with Gasteiger partial charge in [-0.3, -0.25) is 9.36 Å². The number of nitrogens with zero attached hydrogens (tertiary/aromatic N) is 4. The second-order valence-electron chi connectivity index (χ2n) is 4.97. The second kappa shape index (κ2) is 5.57. The fourth-order valence-corrected chi connectivity index (χ4v) is 2.44. The lowest BCUT2D eigenvalue weighted by Crippen LogP contribution is -2.11. The van der Waals surface area contributed by atoms with Crippen molar-refractivity contribution in [1.29, 1.82) is 0 Å². The van der Waals surface area contributed by atoms with Crippen molar-refractivity contribution in [2.24, 2.45) is 7.05 Å². The minimum atomic E-state index is -0.532. The molecule has 0 aliphatic rings. The first-order valence-corrected chi connectivity index (χ1v) is 6.73. The minimum Gasteiger partial charge on any atom is -0.386 e. The number of aryl methyl sites for hydroxylation is 3. The van der Waals surface area contributed by atoms with Crippen LogP contribution in [-0.2, 0) is 20.0 Å². The smallest absolute Gasteiger partial charge is 0.0998 e. The van der Waals surface area contributed by atoms with Gasteiger partial charge in [0.1, 0.15) is 0 Å². The Morgan fingerprint density at radius 3 is 2.68 bits per heavy atom. The molecule has 19 heavy (non-hydrogen) atoms. The highest BCUT2D eigenvalue weighted by molar-refractivity contribution is 5.26. The quantitative estimate of drug-likeness (QED) is 0.895. The molecule has 0 fully saturated rings. The number of rotatable bonds is 5. The summed E-state index contributed by atoms with van der Waals surface area (Å²) < 4.78 is 3.74. The van der Waals surface area contributed by atoms with Gasteiger partial charge in [0.05, 0.1) is 17.5 Å². The molecule has 2 heterocycles. The van der Waals surface area contributed by atoms with E-state index in [4.69, 9.17) is 0 Å². The molecule has 1 unspecified atom stereocenters. The molecule has 2 rings (SSSR count). The molecule has 2 aromatic heterocycles. The number of aliphatic hydroxyl groups excluding tert-OH is 1. The van der Waals surface area contributed by atoms with Crippen LogP contribution in [0.4, 0.5) is 0 Å². The molecule has 104 valence electrons. The first kappa shape index (κ1) is 13.8. The molecule has 5 heteroatoms. The van der Waals surface area contributed by atoms with Gasteiger partial charge >= 0.3 is 0 Å². The Balaban J connectivity index is 2.20. The Labute approximate surface area is 113 Å². The monoisotopic (exact) mass is 262 g/mol. The van der Waals surface area contributed by atoms with Crippen LogP contribution in [0.1, 0.15) is 42.1 Å².